The van der Waals surface area contributed by atoms with E-state index in [9.17, 15) is 4.79 Å². The number of rotatable bonds is 5. The summed E-state index contributed by atoms with van der Waals surface area (Å²) in [5.74, 6) is 0.287. The van der Waals surface area contributed by atoms with E-state index in [-0.39, 0.29) is 18.6 Å². The molecule has 100 valence electrons. The maximum Gasteiger partial charge on any atom is 0.248 e. The molecule has 0 atom stereocenters. The number of carbonyl (C=O) groups is 1. The molecule has 6 nitrogen and oxygen atoms in total. The maximum atomic E-state index is 11.6. The van der Waals surface area contributed by atoms with Crippen molar-refractivity contribution in [3.05, 3.63) is 23.9 Å². The number of hydrogen-bond acceptors (Lipinski definition) is 5. The van der Waals surface area contributed by atoms with Gasteiger partial charge in [0, 0.05) is 12.8 Å². The van der Waals surface area contributed by atoms with Crippen molar-refractivity contribution in [2.24, 2.45) is 0 Å². The first-order valence-corrected chi connectivity index (χ1v) is 6.12. The first-order valence-electron chi connectivity index (χ1n) is 6.12. The minimum absolute atomic E-state index is 0.0387. The van der Waals surface area contributed by atoms with E-state index in [2.05, 4.69) is 4.98 Å². The van der Waals surface area contributed by atoms with Crippen LogP contribution in [-0.2, 0) is 9.53 Å². The van der Waals surface area contributed by atoms with E-state index in [0.717, 1.165) is 0 Å². The lowest BCUT2D eigenvalue weighted by Gasteiger charge is -2.38. The van der Waals surface area contributed by atoms with Gasteiger partial charge in [-0.25, -0.2) is 4.98 Å². The molecule has 0 saturated carbocycles. The third-order valence-corrected chi connectivity index (χ3v) is 2.80. The molecule has 0 unspecified atom stereocenters. The Morgan fingerprint density at radius 3 is 3.11 bits per heavy atom. The molecule has 1 amide bonds. The van der Waals surface area contributed by atoms with Crippen molar-refractivity contribution in [2.45, 2.75) is 13.0 Å². The Bertz CT molecular complexity index is 492. The van der Waals surface area contributed by atoms with Crippen molar-refractivity contribution < 1.29 is 14.3 Å². The largest absolute Gasteiger partial charge is 0.470 e. The lowest BCUT2D eigenvalue weighted by atomic mass is 10.1. The summed E-state index contributed by atoms with van der Waals surface area (Å²) in [6.07, 6.45) is 1.47. The van der Waals surface area contributed by atoms with Gasteiger partial charge < -0.3 is 14.4 Å². The number of pyridine rings is 1. The van der Waals surface area contributed by atoms with Crippen LogP contribution in [0.2, 0.25) is 0 Å². The highest BCUT2D eigenvalue weighted by Crippen LogP contribution is 2.19. The minimum atomic E-state index is -0.104. The second-order valence-electron chi connectivity index (χ2n) is 4.14. The molecule has 0 bridgehead atoms. The molecule has 1 fully saturated rings. The Morgan fingerprint density at radius 1 is 1.63 bits per heavy atom. The summed E-state index contributed by atoms with van der Waals surface area (Å²) in [5, 5.41) is 8.91. The third kappa shape index (κ3) is 3.20. The van der Waals surface area contributed by atoms with Crippen molar-refractivity contribution in [1.82, 2.24) is 9.88 Å². The number of ether oxygens (including phenoxy) is 2. The molecular weight excluding hydrogens is 246 g/mol. The van der Waals surface area contributed by atoms with Crippen LogP contribution in [-0.4, -0.2) is 48.2 Å². The molecule has 0 N–H and O–H groups in total. The van der Waals surface area contributed by atoms with E-state index in [1.807, 2.05) is 13.0 Å². The lowest BCUT2D eigenvalue weighted by Crippen LogP contribution is -2.57. The summed E-state index contributed by atoms with van der Waals surface area (Å²) in [7, 11) is 0. The standard InChI is InChI=1S/C13H15N3O3/c1-2-18-9-12(17)16-7-11(8-16)19-13-10(6-14)4-3-5-15-13/h3-5,11H,2,7-9H2,1H3. The maximum absolute atomic E-state index is 11.6. The van der Waals surface area contributed by atoms with E-state index in [1.165, 1.54) is 0 Å². The Morgan fingerprint density at radius 2 is 2.42 bits per heavy atom. The quantitative estimate of drug-likeness (QED) is 0.775. The number of amides is 1. The van der Waals surface area contributed by atoms with Crippen LogP contribution in [0.1, 0.15) is 12.5 Å². The molecule has 0 spiro atoms. The molecule has 1 aliphatic rings. The van der Waals surface area contributed by atoms with Crippen LogP contribution in [0.3, 0.4) is 0 Å². The van der Waals surface area contributed by atoms with E-state index < -0.39 is 0 Å². The van der Waals surface area contributed by atoms with Gasteiger partial charge in [0.15, 0.2) is 0 Å². The number of carbonyl (C=O) groups excluding carboxylic acids is 1. The zero-order chi connectivity index (χ0) is 13.7. The average molecular weight is 261 g/mol. The highest BCUT2D eigenvalue weighted by molar-refractivity contribution is 5.78. The first kappa shape index (κ1) is 13.3. The summed E-state index contributed by atoms with van der Waals surface area (Å²) in [6, 6.07) is 5.36. The normalized spacial score (nSPS) is 14.6. The molecular formula is C13H15N3O3. The summed E-state index contributed by atoms with van der Waals surface area (Å²) in [6.45, 7) is 3.50. The smallest absolute Gasteiger partial charge is 0.248 e. The second kappa shape index (κ2) is 6.16. The molecule has 19 heavy (non-hydrogen) atoms. The molecule has 1 saturated heterocycles. The van der Waals surface area contributed by atoms with Crippen molar-refractivity contribution in [3.63, 3.8) is 0 Å². The van der Waals surface area contributed by atoms with Gasteiger partial charge in [0.25, 0.3) is 0 Å². The zero-order valence-electron chi connectivity index (χ0n) is 10.7. The average Bonchev–Trinajstić information content (AvgIpc) is 2.40. The minimum Gasteiger partial charge on any atom is -0.470 e. The molecule has 0 aliphatic carbocycles. The molecule has 2 rings (SSSR count). The van der Waals surface area contributed by atoms with E-state index in [4.69, 9.17) is 14.7 Å². The van der Waals surface area contributed by atoms with E-state index in [0.29, 0.717) is 31.1 Å². The van der Waals surface area contributed by atoms with Gasteiger partial charge in [-0.3, -0.25) is 4.79 Å². The van der Waals surface area contributed by atoms with Crippen LogP contribution in [0, 0.1) is 11.3 Å². The number of hydrogen-bond donors (Lipinski definition) is 0. The van der Waals surface area contributed by atoms with Crippen molar-refractivity contribution in [3.8, 4) is 11.9 Å². The highest BCUT2D eigenvalue weighted by Gasteiger charge is 2.32. The van der Waals surface area contributed by atoms with Gasteiger partial charge in [-0.2, -0.15) is 5.26 Å². The number of nitrogens with zero attached hydrogens (tertiary/aromatic N) is 3. The Labute approximate surface area is 111 Å². The molecule has 6 heteroatoms. The highest BCUT2D eigenvalue weighted by atomic mass is 16.5. The predicted octanol–water partition coefficient (Wildman–Crippen LogP) is 0.579. The number of nitriles is 1. The monoisotopic (exact) mass is 261 g/mol. The van der Waals surface area contributed by atoms with Gasteiger partial charge in [0.05, 0.1) is 13.1 Å². The molecule has 1 aromatic rings. The Kier molecular flexibility index (Phi) is 4.31. The van der Waals surface area contributed by atoms with Gasteiger partial charge in [-0.1, -0.05) is 0 Å². The van der Waals surface area contributed by atoms with Gasteiger partial charge in [-0.15, -0.1) is 0 Å². The Hall–Kier alpha value is -2.13. The fourth-order valence-electron chi connectivity index (χ4n) is 1.72. The molecule has 0 aromatic carbocycles. The molecule has 1 aliphatic heterocycles. The SMILES string of the molecule is CCOCC(=O)N1CC(Oc2ncccc2C#N)C1. The lowest BCUT2D eigenvalue weighted by molar-refractivity contribution is -0.144. The third-order valence-electron chi connectivity index (χ3n) is 2.80. The van der Waals surface area contributed by atoms with Gasteiger partial charge in [-0.05, 0) is 19.1 Å². The van der Waals surface area contributed by atoms with Crippen LogP contribution in [0.4, 0.5) is 0 Å². The van der Waals surface area contributed by atoms with Crippen LogP contribution in [0.15, 0.2) is 18.3 Å². The molecule has 0 radical (unpaired) electrons. The van der Waals surface area contributed by atoms with E-state index in [1.54, 1.807) is 23.2 Å². The summed E-state index contributed by atoms with van der Waals surface area (Å²) < 4.78 is 10.6. The summed E-state index contributed by atoms with van der Waals surface area (Å²) in [5.41, 5.74) is 0.404. The van der Waals surface area contributed by atoms with E-state index >= 15 is 0 Å². The second-order valence-corrected chi connectivity index (χ2v) is 4.14. The topological polar surface area (TPSA) is 75.4 Å². The summed E-state index contributed by atoms with van der Waals surface area (Å²) in [4.78, 5) is 17.3. The zero-order valence-corrected chi connectivity index (χ0v) is 10.7. The van der Waals surface area contributed by atoms with Crippen molar-refractivity contribution >= 4 is 5.91 Å². The van der Waals surface area contributed by atoms with Crippen LogP contribution in [0.5, 0.6) is 5.88 Å². The van der Waals surface area contributed by atoms with Gasteiger partial charge in [0.1, 0.15) is 24.3 Å². The number of likely N-dealkylation sites (tertiary alicyclic amines) is 1. The van der Waals surface area contributed by atoms with Gasteiger partial charge >= 0.3 is 0 Å². The van der Waals surface area contributed by atoms with Gasteiger partial charge in [0.2, 0.25) is 11.8 Å². The number of aromatic nitrogens is 1. The first-order chi connectivity index (χ1) is 9.24. The summed E-state index contributed by atoms with van der Waals surface area (Å²) >= 11 is 0. The molecule has 1 aromatic heterocycles. The van der Waals surface area contributed by atoms with Crippen molar-refractivity contribution in [1.29, 1.82) is 5.26 Å². The van der Waals surface area contributed by atoms with Crippen molar-refractivity contribution in [2.75, 3.05) is 26.3 Å². The predicted molar refractivity (Wildman–Crippen MR) is 66.4 cm³/mol. The van der Waals surface area contributed by atoms with Crippen LogP contribution < -0.4 is 4.74 Å². The Balaban J connectivity index is 1.82. The molecule has 2 heterocycles. The van der Waals surface area contributed by atoms with Crippen LogP contribution in [0.25, 0.3) is 0 Å². The fraction of sp³-hybridized carbons (Fsp3) is 0.462. The van der Waals surface area contributed by atoms with Crippen LogP contribution >= 0.6 is 0 Å². The fourth-order valence-corrected chi connectivity index (χ4v) is 1.72.